The van der Waals surface area contributed by atoms with Crippen molar-refractivity contribution in [1.29, 1.82) is 0 Å². The Balaban J connectivity index is 2.35. The Morgan fingerprint density at radius 3 is 2.61 bits per heavy atom. The second-order valence-corrected chi connectivity index (χ2v) is 3.86. The molecule has 0 saturated carbocycles. The molecule has 1 saturated heterocycles. The van der Waals surface area contributed by atoms with Crippen LogP contribution in [0.1, 0.15) is 17.2 Å². The van der Waals surface area contributed by atoms with Crippen molar-refractivity contribution >= 4 is 6.03 Å². The number of alkyl halides is 3. The molecular weight excluding hydrogens is 249 g/mol. The summed E-state index contributed by atoms with van der Waals surface area (Å²) >= 11 is 0. The molecule has 1 aromatic rings. The van der Waals surface area contributed by atoms with Crippen molar-refractivity contribution in [1.82, 2.24) is 10.6 Å². The van der Waals surface area contributed by atoms with Crippen LogP contribution in [0.15, 0.2) is 18.2 Å². The van der Waals surface area contributed by atoms with Crippen LogP contribution in [0.25, 0.3) is 0 Å². The van der Waals surface area contributed by atoms with E-state index in [1.54, 1.807) is 0 Å². The minimum absolute atomic E-state index is 0.110. The van der Waals surface area contributed by atoms with E-state index in [0.717, 1.165) is 12.1 Å². The molecule has 98 valence electrons. The molecule has 2 amide bonds. The standard InChI is InChI=1S/C11H11F3N2O2/c1-18-9-4-6(11(12,13)14)2-3-7(9)8-5-15-10(17)16-8/h2-4,8H,5H2,1H3,(H2,15,16,17)/t8-/m0/s1. The van der Waals surface area contributed by atoms with Gasteiger partial charge in [0, 0.05) is 12.1 Å². The molecular formula is C11H11F3N2O2. The van der Waals surface area contributed by atoms with Gasteiger partial charge in [-0.1, -0.05) is 6.07 Å². The maximum atomic E-state index is 12.5. The highest BCUT2D eigenvalue weighted by Crippen LogP contribution is 2.35. The maximum absolute atomic E-state index is 12.5. The lowest BCUT2D eigenvalue weighted by molar-refractivity contribution is -0.137. The Labute approximate surface area is 101 Å². The SMILES string of the molecule is COc1cc(C(F)(F)F)ccc1[C@@H]1CNC(=O)N1. The number of benzene rings is 1. The fourth-order valence-electron chi connectivity index (χ4n) is 1.82. The van der Waals surface area contributed by atoms with Crippen molar-refractivity contribution in [3.8, 4) is 5.75 Å². The van der Waals surface area contributed by atoms with Crippen LogP contribution in [0.3, 0.4) is 0 Å². The van der Waals surface area contributed by atoms with Crippen LogP contribution < -0.4 is 15.4 Å². The second kappa shape index (κ2) is 4.40. The molecule has 4 nitrogen and oxygen atoms in total. The van der Waals surface area contributed by atoms with E-state index < -0.39 is 11.7 Å². The molecule has 0 unspecified atom stereocenters. The van der Waals surface area contributed by atoms with Crippen molar-refractivity contribution in [2.75, 3.05) is 13.7 Å². The molecule has 0 radical (unpaired) electrons. The van der Waals surface area contributed by atoms with Gasteiger partial charge in [0.25, 0.3) is 0 Å². The van der Waals surface area contributed by atoms with Crippen molar-refractivity contribution in [3.05, 3.63) is 29.3 Å². The molecule has 1 aromatic carbocycles. The summed E-state index contributed by atoms with van der Waals surface area (Å²) < 4.78 is 42.6. The minimum Gasteiger partial charge on any atom is -0.496 e. The number of hydrogen-bond acceptors (Lipinski definition) is 2. The van der Waals surface area contributed by atoms with Crippen LogP contribution in [0, 0.1) is 0 Å². The van der Waals surface area contributed by atoms with Gasteiger partial charge in [0.05, 0.1) is 18.7 Å². The third-order valence-electron chi connectivity index (χ3n) is 2.71. The van der Waals surface area contributed by atoms with E-state index in [1.807, 2.05) is 0 Å². The number of rotatable bonds is 2. The minimum atomic E-state index is -4.41. The predicted molar refractivity (Wildman–Crippen MR) is 57.3 cm³/mol. The first kappa shape index (κ1) is 12.5. The quantitative estimate of drug-likeness (QED) is 0.855. The molecule has 1 aliphatic heterocycles. The molecule has 0 aromatic heterocycles. The van der Waals surface area contributed by atoms with Crippen LogP contribution >= 0.6 is 0 Å². The van der Waals surface area contributed by atoms with Crippen molar-refractivity contribution in [2.45, 2.75) is 12.2 Å². The van der Waals surface area contributed by atoms with Crippen LogP contribution in [-0.2, 0) is 6.18 Å². The summed E-state index contributed by atoms with van der Waals surface area (Å²) in [5.74, 6) is 0.110. The van der Waals surface area contributed by atoms with E-state index in [1.165, 1.54) is 13.2 Å². The smallest absolute Gasteiger partial charge is 0.416 e. The summed E-state index contributed by atoms with van der Waals surface area (Å²) in [6.07, 6.45) is -4.41. The average molecular weight is 260 g/mol. The van der Waals surface area contributed by atoms with Gasteiger partial charge >= 0.3 is 12.2 Å². The van der Waals surface area contributed by atoms with Gasteiger partial charge in [-0.15, -0.1) is 0 Å². The number of carbonyl (C=O) groups excluding carboxylic acids is 1. The van der Waals surface area contributed by atoms with E-state index in [0.29, 0.717) is 12.1 Å². The molecule has 1 fully saturated rings. The number of amides is 2. The number of hydrogen-bond donors (Lipinski definition) is 2. The van der Waals surface area contributed by atoms with Gasteiger partial charge in [-0.3, -0.25) is 0 Å². The summed E-state index contributed by atoms with van der Waals surface area (Å²) in [4.78, 5) is 11.0. The van der Waals surface area contributed by atoms with Gasteiger partial charge in [0.1, 0.15) is 5.75 Å². The zero-order chi connectivity index (χ0) is 13.3. The van der Waals surface area contributed by atoms with Crippen LogP contribution in [0.5, 0.6) is 5.75 Å². The number of urea groups is 1. The van der Waals surface area contributed by atoms with Gasteiger partial charge < -0.3 is 15.4 Å². The lowest BCUT2D eigenvalue weighted by Crippen LogP contribution is -2.22. The molecule has 7 heteroatoms. The Hall–Kier alpha value is -1.92. The zero-order valence-corrected chi connectivity index (χ0v) is 9.47. The molecule has 1 aliphatic rings. The largest absolute Gasteiger partial charge is 0.496 e. The Bertz CT molecular complexity index is 474. The van der Waals surface area contributed by atoms with E-state index in [-0.39, 0.29) is 17.8 Å². The lowest BCUT2D eigenvalue weighted by atomic mass is 10.0. The Morgan fingerprint density at radius 1 is 1.39 bits per heavy atom. The van der Waals surface area contributed by atoms with Gasteiger partial charge in [-0.2, -0.15) is 13.2 Å². The number of ether oxygens (including phenoxy) is 1. The van der Waals surface area contributed by atoms with Gasteiger partial charge in [0.15, 0.2) is 0 Å². The normalized spacial score (nSPS) is 19.3. The van der Waals surface area contributed by atoms with Crippen LogP contribution in [-0.4, -0.2) is 19.7 Å². The van der Waals surface area contributed by atoms with Crippen LogP contribution in [0.2, 0.25) is 0 Å². The van der Waals surface area contributed by atoms with Crippen molar-refractivity contribution in [3.63, 3.8) is 0 Å². The Kier molecular flexibility index (Phi) is 3.06. The number of carbonyl (C=O) groups is 1. The van der Waals surface area contributed by atoms with E-state index in [4.69, 9.17) is 4.74 Å². The number of halogens is 3. The molecule has 2 rings (SSSR count). The first-order valence-electron chi connectivity index (χ1n) is 5.21. The fourth-order valence-corrected chi connectivity index (χ4v) is 1.82. The zero-order valence-electron chi connectivity index (χ0n) is 9.47. The van der Waals surface area contributed by atoms with Gasteiger partial charge in [-0.05, 0) is 12.1 Å². The first-order chi connectivity index (χ1) is 8.41. The second-order valence-electron chi connectivity index (χ2n) is 3.86. The fraction of sp³-hybridized carbons (Fsp3) is 0.364. The number of methoxy groups -OCH3 is 1. The summed E-state index contributed by atoms with van der Waals surface area (Å²) in [6, 6.07) is 2.50. The van der Waals surface area contributed by atoms with E-state index in [9.17, 15) is 18.0 Å². The topological polar surface area (TPSA) is 50.4 Å². The molecule has 18 heavy (non-hydrogen) atoms. The van der Waals surface area contributed by atoms with Crippen molar-refractivity contribution < 1.29 is 22.7 Å². The van der Waals surface area contributed by atoms with Gasteiger partial charge in [-0.25, -0.2) is 4.79 Å². The summed E-state index contributed by atoms with van der Waals surface area (Å²) in [6.45, 7) is 0.320. The number of nitrogens with one attached hydrogen (secondary N) is 2. The lowest BCUT2D eigenvalue weighted by Gasteiger charge is -2.16. The van der Waals surface area contributed by atoms with E-state index >= 15 is 0 Å². The summed E-state index contributed by atoms with van der Waals surface area (Å²) in [5.41, 5.74) is -0.260. The molecule has 0 bridgehead atoms. The first-order valence-corrected chi connectivity index (χ1v) is 5.21. The van der Waals surface area contributed by atoms with Crippen molar-refractivity contribution in [2.24, 2.45) is 0 Å². The molecule has 1 heterocycles. The molecule has 1 atom stereocenters. The predicted octanol–water partition coefficient (Wildman–Crippen LogP) is 2.07. The van der Waals surface area contributed by atoms with Gasteiger partial charge in [0.2, 0.25) is 0 Å². The maximum Gasteiger partial charge on any atom is 0.416 e. The highest BCUT2D eigenvalue weighted by molar-refractivity contribution is 5.77. The third kappa shape index (κ3) is 2.34. The Morgan fingerprint density at radius 2 is 2.11 bits per heavy atom. The molecule has 0 aliphatic carbocycles. The molecule has 0 spiro atoms. The monoisotopic (exact) mass is 260 g/mol. The third-order valence-corrected chi connectivity index (χ3v) is 2.71. The highest BCUT2D eigenvalue weighted by atomic mass is 19.4. The highest BCUT2D eigenvalue weighted by Gasteiger charge is 2.32. The average Bonchev–Trinajstić information content (AvgIpc) is 2.73. The van der Waals surface area contributed by atoms with E-state index in [2.05, 4.69) is 10.6 Å². The summed E-state index contributed by atoms with van der Waals surface area (Å²) in [7, 11) is 1.29. The van der Waals surface area contributed by atoms with Crippen LogP contribution in [0.4, 0.5) is 18.0 Å². The summed E-state index contributed by atoms with van der Waals surface area (Å²) in [5, 5.41) is 5.13. The molecule has 2 N–H and O–H groups in total.